The summed E-state index contributed by atoms with van der Waals surface area (Å²) in [5.41, 5.74) is -6.83. The Morgan fingerprint density at radius 2 is 1.02 bits per heavy atom. The van der Waals surface area contributed by atoms with Crippen LogP contribution in [0.2, 0.25) is 0 Å². The fourth-order valence-electron chi connectivity index (χ4n) is 3.15. The maximum atomic E-state index is 13.7. The number of carbonyl (C=O) groups excluding carboxylic acids is 4. The van der Waals surface area contributed by atoms with Gasteiger partial charge in [0.05, 0.1) is 29.7 Å². The van der Waals surface area contributed by atoms with Gasteiger partial charge in [-0.2, -0.15) is 13.2 Å². The van der Waals surface area contributed by atoms with Crippen molar-refractivity contribution in [1.29, 1.82) is 0 Å². The third-order valence-corrected chi connectivity index (χ3v) is 5.83. The van der Waals surface area contributed by atoms with E-state index >= 15 is 0 Å². The molecule has 0 aliphatic heterocycles. The van der Waals surface area contributed by atoms with Gasteiger partial charge in [0, 0.05) is 23.8 Å². The average Bonchev–Trinajstić information content (AvgIpc) is 3.02. The highest BCUT2D eigenvalue weighted by Gasteiger charge is 2.27. The molecule has 0 heterocycles. The molecule has 0 unspecified atom stereocenters. The van der Waals surface area contributed by atoms with Crippen molar-refractivity contribution in [3.63, 3.8) is 0 Å². The summed E-state index contributed by atoms with van der Waals surface area (Å²) in [4.78, 5) is 78.9. The van der Waals surface area contributed by atoms with E-state index in [2.05, 4.69) is 23.2 Å². The number of esters is 1. The topological polar surface area (TPSA) is 244 Å². The van der Waals surface area contributed by atoms with E-state index in [1.165, 1.54) is 0 Å². The Labute approximate surface area is 318 Å². The summed E-state index contributed by atoms with van der Waals surface area (Å²) in [6, 6.07) is 3.79. The largest absolute Gasteiger partial charge is 0.477 e. The first-order chi connectivity index (χ1) is 25.6. The van der Waals surface area contributed by atoms with Crippen LogP contribution in [0.5, 0.6) is 0 Å². The fraction of sp³-hybridized carbons (Fsp3) is 0.207. The maximum absolute atomic E-state index is 13.7. The predicted molar refractivity (Wildman–Crippen MR) is 174 cm³/mol. The Morgan fingerprint density at radius 1 is 0.691 bits per heavy atom. The monoisotopic (exact) mass is 858 g/mol. The zero-order chi connectivity index (χ0) is 44.4. The highest BCUT2D eigenvalue weighted by molar-refractivity contribution is 6.97. The van der Waals surface area contributed by atoms with E-state index in [1.54, 1.807) is 20.8 Å². The summed E-state index contributed by atoms with van der Waals surface area (Å²) >= 11 is 13.8. The molecule has 0 atom stereocenters. The molecule has 0 radical (unpaired) electrons. The molecule has 0 saturated heterocycles. The van der Waals surface area contributed by atoms with Crippen LogP contribution in [0.3, 0.4) is 0 Å². The molecule has 0 spiro atoms. The van der Waals surface area contributed by atoms with Gasteiger partial charge in [0.25, 0.3) is 5.24 Å². The van der Waals surface area contributed by atoms with Crippen molar-refractivity contribution in [2.24, 2.45) is 0 Å². The van der Waals surface area contributed by atoms with Crippen LogP contribution in [-0.4, -0.2) is 60.3 Å². The second kappa shape index (κ2) is 23.1. The average molecular weight is 860 g/mol. The Hall–Kier alpha value is -5.81. The van der Waals surface area contributed by atoms with Crippen LogP contribution in [-0.2, 0) is 25.5 Å². The van der Waals surface area contributed by atoms with Crippen molar-refractivity contribution < 1.29 is 80.7 Å². The minimum absolute atomic E-state index is 0.532. The van der Waals surface area contributed by atoms with Gasteiger partial charge in [-0.3, -0.25) is 53.9 Å². The molecule has 0 fully saturated rings. The Morgan fingerprint density at radius 3 is 1.33 bits per heavy atom. The van der Waals surface area contributed by atoms with E-state index in [-0.39, 0.29) is 0 Å². The molecule has 0 aliphatic carbocycles. The molecule has 0 aromatic heterocycles. The first kappa shape index (κ1) is 49.2. The number of rotatable bonds is 8. The van der Waals surface area contributed by atoms with Crippen LogP contribution < -0.4 is 0 Å². The van der Waals surface area contributed by atoms with Crippen molar-refractivity contribution in [3.8, 4) is 0 Å². The summed E-state index contributed by atoms with van der Waals surface area (Å²) in [6.45, 7) is 4.81. The number of carboxylic acids is 1. The number of benzene rings is 3. The van der Waals surface area contributed by atoms with Gasteiger partial charge in [-0.25, -0.2) is 18.0 Å². The van der Waals surface area contributed by atoms with E-state index in [0.717, 1.165) is 6.07 Å². The van der Waals surface area contributed by atoms with E-state index in [9.17, 15) is 85.0 Å². The second-order valence-electron chi connectivity index (χ2n) is 10.0. The molecule has 300 valence electrons. The quantitative estimate of drug-likeness (QED) is 0.0571. The Kier molecular flexibility index (Phi) is 20.6. The van der Waals surface area contributed by atoms with Crippen LogP contribution in [0, 0.1) is 65.2 Å². The number of ether oxygens (including phenoxy) is 1. The van der Waals surface area contributed by atoms with Gasteiger partial charge in [0.2, 0.25) is 17.5 Å². The fourth-order valence-corrected chi connectivity index (χ4v) is 3.32. The van der Waals surface area contributed by atoms with E-state index in [0.29, 0.717) is 30.3 Å². The summed E-state index contributed by atoms with van der Waals surface area (Å²) in [5, 5.41) is 35.5. The predicted octanol–water partition coefficient (Wildman–Crippen LogP) is 7.68. The lowest BCUT2D eigenvalue weighted by molar-refractivity contribution is -0.387. The molecule has 0 saturated carbocycles. The van der Waals surface area contributed by atoms with Crippen molar-refractivity contribution in [2.45, 2.75) is 32.8 Å². The van der Waals surface area contributed by atoms with Gasteiger partial charge in [0.1, 0.15) is 34.2 Å². The molecule has 0 aliphatic rings. The van der Waals surface area contributed by atoms with E-state index in [4.69, 9.17) is 22.8 Å². The summed E-state index contributed by atoms with van der Waals surface area (Å²) < 4.78 is 99.0. The van der Waals surface area contributed by atoms with Gasteiger partial charge in [-0.15, -0.1) is 0 Å². The lowest BCUT2D eigenvalue weighted by atomic mass is 10.1. The maximum Gasteiger partial charge on any atom is 0.341 e. The third-order valence-electron chi connectivity index (χ3n) is 5.20. The molecule has 55 heavy (non-hydrogen) atoms. The number of nitrogens with zero attached hydrogens (tertiary/aromatic N) is 3. The first-order valence-corrected chi connectivity index (χ1v) is 14.5. The van der Waals surface area contributed by atoms with Gasteiger partial charge >= 0.3 is 39.5 Å². The normalized spacial score (nSPS) is 10.1. The summed E-state index contributed by atoms with van der Waals surface area (Å²) in [5.74, 6) is -10.9. The number of carboxylic acid groups (broad SMARTS) is 1. The minimum Gasteiger partial charge on any atom is -0.477 e. The number of hydrogen-bond acceptors (Lipinski definition) is 12. The first-order valence-electron chi connectivity index (χ1n) is 14.0. The Balaban J connectivity index is 0. The molecule has 16 nitrogen and oxygen atoms in total. The van der Waals surface area contributed by atoms with E-state index < -0.39 is 130 Å². The number of alkyl halides is 1. The smallest absolute Gasteiger partial charge is 0.341 e. The molecule has 3 aromatic rings. The number of hydrogen-bond donors (Lipinski definition) is 1. The number of carbonyl (C=O) groups is 5. The highest BCUT2D eigenvalue weighted by atomic mass is 35.5. The second-order valence-corrected chi connectivity index (χ2v) is 11.1. The van der Waals surface area contributed by atoms with E-state index in [1.807, 2.05) is 0 Å². The minimum atomic E-state index is -1.89. The van der Waals surface area contributed by atoms with Crippen molar-refractivity contribution in [1.82, 2.24) is 0 Å². The van der Waals surface area contributed by atoms with Crippen LogP contribution in [0.4, 0.5) is 47.8 Å². The number of halogens is 10. The molecule has 1 N–H and O–H groups in total. The number of aromatic carboxylic acids is 1. The molecule has 3 aromatic carbocycles. The molecular weight excluding hydrogens is 838 g/mol. The summed E-state index contributed by atoms with van der Waals surface area (Å²) in [6.07, 6.45) is -0.698. The zero-order valence-electron chi connectivity index (χ0n) is 28.3. The van der Waals surface area contributed by atoms with Crippen LogP contribution >= 0.6 is 34.8 Å². The van der Waals surface area contributed by atoms with Crippen LogP contribution in [0.15, 0.2) is 36.4 Å². The van der Waals surface area contributed by atoms with Gasteiger partial charge in [0.15, 0.2) is 0 Å². The highest BCUT2D eigenvalue weighted by Crippen LogP contribution is 2.26. The van der Waals surface area contributed by atoms with Crippen molar-refractivity contribution in [2.75, 3.05) is 7.15 Å². The standard InChI is InChI=1S/C12H13F2NO4.C7H2ClF2NO3.C7H3F2NO4.C2Cl2O2.CH3F/c1-12(2,3)19-10(16)6-7-8(13)4-5-9(11(7)14)15(17)18;8-7(12)5-3(9)1-2-4(6(5)10)11(13)14;8-3-1-2-4(10(13)14)6(9)5(3)7(11)12;3-1(5)2(4)6;1-2/h4-5H,6H2,1-3H3;1-2H;1-2H,(H,11,12);;1H3/i;;;;1D. The van der Waals surface area contributed by atoms with Gasteiger partial charge < -0.3 is 9.84 Å². The van der Waals surface area contributed by atoms with Crippen molar-refractivity contribution in [3.05, 3.63) is 118 Å². The lowest BCUT2D eigenvalue weighted by Crippen LogP contribution is -2.25. The lowest BCUT2D eigenvalue weighted by Gasteiger charge is -2.19. The van der Waals surface area contributed by atoms with Crippen LogP contribution in [0.1, 0.15) is 48.4 Å². The number of nitro groups is 3. The Bertz CT molecular complexity index is 1920. The zero-order valence-corrected chi connectivity index (χ0v) is 29.6. The molecule has 3 rings (SSSR count). The van der Waals surface area contributed by atoms with Gasteiger partial charge in [-0.05, 0) is 73.8 Å². The third kappa shape index (κ3) is 16.8. The summed E-state index contributed by atoms with van der Waals surface area (Å²) in [7, 11) is -1.00. The number of nitro benzene ring substituents is 3. The SMILES string of the molecule is CC(C)(C)OC(=O)Cc1c(F)ccc([N+](=O)[O-])c1F.O=C(Cl)C(=O)Cl.O=C(Cl)c1c(F)ccc([N+](=O)[O-])c1F.O=C(O)c1c(F)ccc([N+](=O)[O-])c1F.[2H]CF. The van der Waals surface area contributed by atoms with Crippen LogP contribution in [0.25, 0.3) is 0 Å². The van der Waals surface area contributed by atoms with Crippen molar-refractivity contribution >= 4 is 79.5 Å². The molecule has 0 amide bonds. The molecule has 0 bridgehead atoms. The molecular formula is C29H21Cl3F7N3O13. The molecule has 26 heteroatoms. The van der Waals surface area contributed by atoms with Gasteiger partial charge in [-0.1, -0.05) is 0 Å².